The summed E-state index contributed by atoms with van der Waals surface area (Å²) in [6, 6.07) is 17.3. The number of rotatable bonds is 7. The highest BCUT2D eigenvalue weighted by Gasteiger charge is 2.06. The summed E-state index contributed by atoms with van der Waals surface area (Å²) >= 11 is 1.56. The van der Waals surface area contributed by atoms with E-state index in [0.717, 1.165) is 37.7 Å². The zero-order valence-electron chi connectivity index (χ0n) is 15.7. The van der Waals surface area contributed by atoms with Crippen LogP contribution in [0.15, 0.2) is 60.8 Å². The number of phenolic OH excluding ortho intramolecular Hbond substituents is 1. The van der Waals surface area contributed by atoms with Crippen LogP contribution in [0.25, 0.3) is 32.9 Å². The Labute approximate surface area is 172 Å². The summed E-state index contributed by atoms with van der Waals surface area (Å²) in [6.07, 6.45) is 6.32. The van der Waals surface area contributed by atoms with Crippen molar-refractivity contribution in [3.05, 3.63) is 71.9 Å². The second kappa shape index (κ2) is 8.84. The largest absolute Gasteiger partial charge is 0.508 e. The van der Waals surface area contributed by atoms with Crippen molar-refractivity contribution >= 4 is 39.5 Å². The van der Waals surface area contributed by atoms with Gasteiger partial charge in [0.2, 0.25) is 0 Å². The van der Waals surface area contributed by atoms with Crippen molar-refractivity contribution in [3.8, 4) is 16.3 Å². The highest BCUT2D eigenvalue weighted by molar-refractivity contribution is 7.21. The van der Waals surface area contributed by atoms with Gasteiger partial charge in [-0.05, 0) is 47.9 Å². The molecule has 29 heavy (non-hydrogen) atoms. The molecule has 2 N–H and O–H groups in total. The van der Waals surface area contributed by atoms with E-state index in [-0.39, 0.29) is 12.4 Å². The molecule has 146 valence electrons. The Morgan fingerprint density at radius 2 is 1.79 bits per heavy atom. The Hall–Kier alpha value is -3.25. The maximum absolute atomic E-state index is 12.1. The molecule has 0 saturated carbocycles. The van der Waals surface area contributed by atoms with Gasteiger partial charge in [0.25, 0.3) is 0 Å². The van der Waals surface area contributed by atoms with E-state index >= 15 is 0 Å². The van der Waals surface area contributed by atoms with E-state index in [9.17, 15) is 9.50 Å². The standard InChI is InChI=1S/C23H20FN3OS/c24-12-1-13-25-22-11-6-17(15-26-22)3-2-16-4-7-18(8-5-16)23-27-20-10-9-19(28)14-21(20)29-23/h2-11,14-15,28H,1,12-13H2,(H,25,26)/b3-2+. The van der Waals surface area contributed by atoms with Crippen molar-refractivity contribution in [2.24, 2.45) is 0 Å². The van der Waals surface area contributed by atoms with Crippen LogP contribution in [0.4, 0.5) is 10.2 Å². The second-order valence-electron chi connectivity index (χ2n) is 6.57. The van der Waals surface area contributed by atoms with Gasteiger partial charge in [-0.2, -0.15) is 0 Å². The third kappa shape index (κ3) is 4.78. The van der Waals surface area contributed by atoms with Crippen LogP contribution in [-0.2, 0) is 0 Å². The molecule has 0 atom stereocenters. The van der Waals surface area contributed by atoms with Crippen LogP contribution in [0.2, 0.25) is 0 Å². The van der Waals surface area contributed by atoms with Crippen LogP contribution in [0.5, 0.6) is 5.75 Å². The number of alkyl halides is 1. The molecule has 2 aromatic heterocycles. The van der Waals surface area contributed by atoms with Crippen LogP contribution < -0.4 is 5.32 Å². The Morgan fingerprint density at radius 1 is 1.00 bits per heavy atom. The van der Waals surface area contributed by atoms with E-state index in [1.54, 1.807) is 29.7 Å². The number of aromatic hydroxyl groups is 1. The van der Waals surface area contributed by atoms with Gasteiger partial charge >= 0.3 is 0 Å². The third-order valence-corrected chi connectivity index (χ3v) is 5.47. The van der Waals surface area contributed by atoms with Crippen molar-refractivity contribution in [1.29, 1.82) is 0 Å². The highest BCUT2D eigenvalue weighted by Crippen LogP contribution is 2.32. The van der Waals surface area contributed by atoms with Crippen LogP contribution in [-0.4, -0.2) is 28.3 Å². The van der Waals surface area contributed by atoms with Gasteiger partial charge in [-0.25, -0.2) is 9.97 Å². The fraction of sp³-hybridized carbons (Fsp3) is 0.130. The molecule has 4 aromatic rings. The topological polar surface area (TPSA) is 58.0 Å². The van der Waals surface area contributed by atoms with Gasteiger partial charge in [-0.3, -0.25) is 4.39 Å². The Kier molecular flexibility index (Phi) is 5.81. The van der Waals surface area contributed by atoms with Crippen LogP contribution in [0.1, 0.15) is 17.5 Å². The minimum atomic E-state index is -0.324. The number of nitrogens with one attached hydrogen (secondary N) is 1. The van der Waals surface area contributed by atoms with Gasteiger partial charge in [0.05, 0.1) is 16.9 Å². The predicted molar refractivity (Wildman–Crippen MR) is 119 cm³/mol. The maximum Gasteiger partial charge on any atom is 0.125 e. The Bertz CT molecular complexity index is 1120. The van der Waals surface area contributed by atoms with E-state index in [1.807, 2.05) is 42.5 Å². The monoisotopic (exact) mass is 405 g/mol. The first kappa shape index (κ1) is 19.1. The lowest BCUT2D eigenvalue weighted by Gasteiger charge is -2.03. The van der Waals surface area contributed by atoms with Crippen molar-refractivity contribution in [2.45, 2.75) is 6.42 Å². The van der Waals surface area contributed by atoms with Crippen LogP contribution >= 0.6 is 11.3 Å². The quantitative estimate of drug-likeness (QED) is 0.370. The zero-order chi connectivity index (χ0) is 20.1. The van der Waals surface area contributed by atoms with Crippen molar-refractivity contribution in [2.75, 3.05) is 18.5 Å². The molecule has 0 aliphatic rings. The van der Waals surface area contributed by atoms with Crippen molar-refractivity contribution in [1.82, 2.24) is 9.97 Å². The van der Waals surface area contributed by atoms with Gasteiger partial charge < -0.3 is 10.4 Å². The van der Waals surface area contributed by atoms with E-state index in [0.29, 0.717) is 13.0 Å². The number of benzene rings is 2. The molecule has 4 nitrogen and oxygen atoms in total. The van der Waals surface area contributed by atoms with Gasteiger partial charge in [0, 0.05) is 18.3 Å². The molecule has 0 fully saturated rings. The van der Waals surface area contributed by atoms with Crippen LogP contribution in [0.3, 0.4) is 0 Å². The molecule has 2 heterocycles. The summed E-state index contributed by atoms with van der Waals surface area (Å²) in [5.74, 6) is 1.01. The average molecular weight is 405 g/mol. The fourth-order valence-electron chi connectivity index (χ4n) is 2.86. The minimum absolute atomic E-state index is 0.256. The first-order valence-electron chi connectivity index (χ1n) is 9.35. The minimum Gasteiger partial charge on any atom is -0.508 e. The Balaban J connectivity index is 1.43. The molecular formula is C23H20FN3OS. The van der Waals surface area contributed by atoms with Gasteiger partial charge in [-0.15, -0.1) is 11.3 Å². The molecule has 0 radical (unpaired) electrons. The van der Waals surface area contributed by atoms with Gasteiger partial charge in [0.15, 0.2) is 0 Å². The number of anilines is 1. The lowest BCUT2D eigenvalue weighted by atomic mass is 10.1. The van der Waals surface area contributed by atoms with E-state index in [2.05, 4.69) is 27.4 Å². The molecule has 0 aliphatic heterocycles. The third-order valence-electron chi connectivity index (χ3n) is 4.40. The number of phenols is 1. The summed E-state index contributed by atoms with van der Waals surface area (Å²) in [7, 11) is 0. The molecular weight excluding hydrogens is 385 g/mol. The molecule has 0 spiro atoms. The maximum atomic E-state index is 12.1. The normalized spacial score (nSPS) is 11.3. The van der Waals surface area contributed by atoms with E-state index < -0.39 is 0 Å². The highest BCUT2D eigenvalue weighted by atomic mass is 32.1. The molecule has 0 unspecified atom stereocenters. The van der Waals surface area contributed by atoms with E-state index in [1.165, 1.54) is 0 Å². The summed E-state index contributed by atoms with van der Waals surface area (Å²) in [4.78, 5) is 8.97. The summed E-state index contributed by atoms with van der Waals surface area (Å²) in [5.41, 5.74) is 4.02. The zero-order valence-corrected chi connectivity index (χ0v) is 16.5. The first-order chi connectivity index (χ1) is 14.2. The first-order valence-corrected chi connectivity index (χ1v) is 10.2. The number of nitrogens with zero attached hydrogens (tertiary/aromatic N) is 2. The predicted octanol–water partition coefficient (Wildman–Crippen LogP) is 6.01. The second-order valence-corrected chi connectivity index (χ2v) is 7.60. The number of thiazole rings is 1. The van der Waals surface area contributed by atoms with Crippen molar-refractivity contribution in [3.63, 3.8) is 0 Å². The Morgan fingerprint density at radius 3 is 2.55 bits per heavy atom. The van der Waals surface area contributed by atoms with Gasteiger partial charge in [0.1, 0.15) is 16.6 Å². The number of aromatic nitrogens is 2. The van der Waals surface area contributed by atoms with Crippen LogP contribution in [0, 0.1) is 0 Å². The number of halogens is 1. The summed E-state index contributed by atoms with van der Waals surface area (Å²) < 4.78 is 13.1. The number of hydrogen-bond donors (Lipinski definition) is 2. The smallest absolute Gasteiger partial charge is 0.125 e. The molecule has 0 bridgehead atoms. The number of fused-ring (bicyclic) bond motifs is 1. The van der Waals surface area contributed by atoms with Crippen molar-refractivity contribution < 1.29 is 9.50 Å². The summed E-state index contributed by atoms with van der Waals surface area (Å²) in [6.45, 7) is 0.260. The molecule has 4 rings (SSSR count). The average Bonchev–Trinajstić information content (AvgIpc) is 3.17. The molecule has 2 aromatic carbocycles. The van der Waals surface area contributed by atoms with Gasteiger partial charge in [-0.1, -0.05) is 36.4 Å². The van der Waals surface area contributed by atoms with E-state index in [4.69, 9.17) is 0 Å². The molecule has 0 amide bonds. The number of pyridine rings is 1. The number of hydrogen-bond acceptors (Lipinski definition) is 5. The SMILES string of the molecule is Oc1ccc2nc(-c3ccc(/C=C/c4ccc(NCCCF)nc4)cc3)sc2c1. The lowest BCUT2D eigenvalue weighted by molar-refractivity contribution is 0.476. The summed E-state index contributed by atoms with van der Waals surface area (Å²) in [5, 5.41) is 13.6. The lowest BCUT2D eigenvalue weighted by Crippen LogP contribution is -2.03. The fourth-order valence-corrected chi connectivity index (χ4v) is 3.86. The molecule has 0 aliphatic carbocycles. The molecule has 0 saturated heterocycles. The molecule has 6 heteroatoms.